The van der Waals surface area contributed by atoms with Gasteiger partial charge in [0, 0.05) is 36.6 Å². The molecule has 0 fully saturated rings. The molecule has 0 saturated heterocycles. The third-order valence-electron chi connectivity index (χ3n) is 4.10. The van der Waals surface area contributed by atoms with Crippen molar-refractivity contribution >= 4 is 47.1 Å². The van der Waals surface area contributed by atoms with E-state index in [9.17, 15) is 14.9 Å². The van der Waals surface area contributed by atoms with Crippen molar-refractivity contribution in [3.63, 3.8) is 0 Å². The Morgan fingerprint density at radius 1 is 1.48 bits per heavy atom. The molecule has 0 saturated carbocycles. The van der Waals surface area contributed by atoms with E-state index in [1.165, 1.54) is 23.5 Å². The van der Waals surface area contributed by atoms with Crippen molar-refractivity contribution in [2.24, 2.45) is 10.7 Å². The van der Waals surface area contributed by atoms with Gasteiger partial charge in [-0.25, -0.2) is 0 Å². The van der Waals surface area contributed by atoms with Gasteiger partial charge in [-0.2, -0.15) is 0 Å². The van der Waals surface area contributed by atoms with Crippen molar-refractivity contribution in [3.8, 4) is 0 Å². The summed E-state index contributed by atoms with van der Waals surface area (Å²) in [5.41, 5.74) is 7.63. The first-order valence-electron chi connectivity index (χ1n) is 7.33. The molecule has 9 heteroatoms. The van der Waals surface area contributed by atoms with Crippen LogP contribution in [0.15, 0.2) is 40.7 Å². The number of rotatable bonds is 4. The number of nitrogens with two attached hydrogens (primary N) is 1. The van der Waals surface area contributed by atoms with Crippen LogP contribution in [0.25, 0.3) is 0 Å². The van der Waals surface area contributed by atoms with E-state index in [0.29, 0.717) is 17.0 Å². The number of carbonyl (C=O) groups is 1. The number of carbonyl (C=O) groups excluding carboxylic acids is 1. The quantitative estimate of drug-likeness (QED) is 0.499. The highest BCUT2D eigenvalue weighted by Gasteiger charge is 2.31. The summed E-state index contributed by atoms with van der Waals surface area (Å²) in [6, 6.07) is 7.10. The average Bonchev–Trinajstić information content (AvgIpc) is 3.05. The lowest BCUT2D eigenvalue weighted by Gasteiger charge is -2.32. The van der Waals surface area contributed by atoms with Crippen molar-refractivity contribution in [1.29, 1.82) is 0 Å². The number of hydrogen-bond acceptors (Lipinski definition) is 7. The number of likely N-dealkylation sites (N-methyl/N-ethyl adjacent to an activating group) is 1. The summed E-state index contributed by atoms with van der Waals surface area (Å²) in [6.07, 6.45) is 1.60. The maximum Gasteiger partial charge on any atom is 0.270 e. The third kappa shape index (κ3) is 3.71. The lowest BCUT2D eigenvalue weighted by molar-refractivity contribution is -0.384. The number of Topliss-reactive ketones (excluding diaryl/α,β-unsaturated/α-hetero) is 1. The topological polar surface area (TPSA) is 102 Å². The van der Waals surface area contributed by atoms with Gasteiger partial charge in [-0.15, -0.1) is 23.7 Å². The molecule has 1 aromatic heterocycles. The number of ketones is 1. The number of benzodiazepines with no additional fused rings is 1. The van der Waals surface area contributed by atoms with Gasteiger partial charge in [-0.1, -0.05) is 6.07 Å². The molecule has 7 nitrogen and oxygen atoms in total. The normalized spacial score (nSPS) is 17.2. The van der Waals surface area contributed by atoms with Crippen LogP contribution >= 0.6 is 23.7 Å². The summed E-state index contributed by atoms with van der Waals surface area (Å²) in [5.74, 6) is -0.123. The summed E-state index contributed by atoms with van der Waals surface area (Å²) >= 11 is 1.36. The first-order valence-corrected chi connectivity index (χ1v) is 8.21. The first-order chi connectivity index (χ1) is 11.5. The zero-order valence-electron chi connectivity index (χ0n) is 13.4. The highest BCUT2D eigenvalue weighted by Crippen LogP contribution is 2.28. The van der Waals surface area contributed by atoms with E-state index in [1.54, 1.807) is 18.3 Å². The van der Waals surface area contributed by atoms with E-state index >= 15 is 0 Å². The summed E-state index contributed by atoms with van der Waals surface area (Å²) in [5, 5.41) is 12.8. The molecule has 3 rings (SSSR count). The Hall–Kier alpha value is -2.29. The van der Waals surface area contributed by atoms with Gasteiger partial charge in [0.15, 0.2) is 5.78 Å². The smallest absolute Gasteiger partial charge is 0.270 e. The van der Waals surface area contributed by atoms with E-state index in [-0.39, 0.29) is 29.9 Å². The van der Waals surface area contributed by atoms with Crippen molar-refractivity contribution in [1.82, 2.24) is 0 Å². The number of nitrogens with zero attached hydrogens (tertiary/aromatic N) is 3. The molecule has 2 atom stereocenters. The molecule has 2 unspecified atom stereocenters. The number of thiophene rings is 1. The van der Waals surface area contributed by atoms with E-state index < -0.39 is 11.0 Å². The van der Waals surface area contributed by atoms with Gasteiger partial charge in [0.1, 0.15) is 0 Å². The van der Waals surface area contributed by atoms with Crippen molar-refractivity contribution in [2.45, 2.75) is 12.1 Å². The van der Waals surface area contributed by atoms with E-state index in [0.717, 1.165) is 5.69 Å². The minimum Gasteiger partial charge on any atom is -0.367 e. The summed E-state index contributed by atoms with van der Waals surface area (Å²) < 4.78 is 0. The number of non-ortho nitro benzene ring substituents is 1. The Balaban J connectivity index is 0.00000225. The molecule has 0 bridgehead atoms. The first kappa shape index (κ1) is 19.0. The molecule has 2 aromatic rings. The Kier molecular flexibility index (Phi) is 5.89. The second-order valence-electron chi connectivity index (χ2n) is 5.54. The maximum atomic E-state index is 12.5. The predicted octanol–water partition coefficient (Wildman–Crippen LogP) is 2.53. The lowest BCUT2D eigenvalue weighted by atomic mass is 10.0. The zero-order valence-corrected chi connectivity index (χ0v) is 15.0. The number of anilines is 1. The van der Waals surface area contributed by atoms with Crippen molar-refractivity contribution < 1.29 is 9.72 Å². The molecule has 0 amide bonds. The largest absolute Gasteiger partial charge is 0.367 e. The van der Waals surface area contributed by atoms with E-state index in [4.69, 9.17) is 5.73 Å². The van der Waals surface area contributed by atoms with Crippen LogP contribution in [0, 0.1) is 10.1 Å². The van der Waals surface area contributed by atoms with Crippen molar-refractivity contribution in [3.05, 3.63) is 56.3 Å². The molecule has 0 spiro atoms. The molecule has 1 aromatic carbocycles. The van der Waals surface area contributed by atoms with Gasteiger partial charge in [0.2, 0.25) is 0 Å². The predicted molar refractivity (Wildman–Crippen MR) is 102 cm³/mol. The SMILES string of the molecule is CN1c2ccc([N+](=O)[O-])cc2C=NCC1C(N)C(=O)c1cccs1.Cl. The van der Waals surface area contributed by atoms with E-state index in [1.807, 2.05) is 23.4 Å². The number of nitro benzene ring substituents is 1. The maximum absolute atomic E-state index is 12.5. The minimum absolute atomic E-state index is 0. The van der Waals surface area contributed by atoms with Crippen LogP contribution in [-0.4, -0.2) is 42.6 Å². The zero-order chi connectivity index (χ0) is 17.3. The van der Waals surface area contributed by atoms with Crippen LogP contribution < -0.4 is 10.6 Å². The lowest BCUT2D eigenvalue weighted by Crippen LogP contribution is -2.52. The number of aliphatic imine (C=N–C) groups is 1. The highest BCUT2D eigenvalue weighted by atomic mass is 35.5. The monoisotopic (exact) mass is 380 g/mol. The van der Waals surface area contributed by atoms with Crippen LogP contribution in [0.5, 0.6) is 0 Å². The fourth-order valence-electron chi connectivity index (χ4n) is 2.75. The van der Waals surface area contributed by atoms with Gasteiger partial charge < -0.3 is 10.6 Å². The molecular weight excluding hydrogens is 364 g/mol. The number of benzene rings is 1. The Morgan fingerprint density at radius 3 is 2.88 bits per heavy atom. The number of halogens is 1. The Labute approximate surface area is 154 Å². The molecule has 0 aliphatic carbocycles. The molecule has 2 heterocycles. The van der Waals surface area contributed by atoms with Gasteiger partial charge in [0.05, 0.1) is 28.4 Å². The van der Waals surface area contributed by atoms with Gasteiger partial charge in [-0.3, -0.25) is 19.9 Å². The molecule has 0 radical (unpaired) electrons. The Morgan fingerprint density at radius 2 is 2.24 bits per heavy atom. The molecule has 132 valence electrons. The summed E-state index contributed by atoms with van der Waals surface area (Å²) in [4.78, 5) is 29.8. The van der Waals surface area contributed by atoms with Gasteiger partial charge >= 0.3 is 0 Å². The number of hydrogen-bond donors (Lipinski definition) is 1. The van der Waals surface area contributed by atoms with Crippen LogP contribution in [0.2, 0.25) is 0 Å². The number of nitro groups is 1. The Bertz CT molecular complexity index is 810. The van der Waals surface area contributed by atoms with Crippen LogP contribution in [0.1, 0.15) is 15.2 Å². The molecule has 25 heavy (non-hydrogen) atoms. The molecule has 1 aliphatic rings. The average molecular weight is 381 g/mol. The molecule has 1 aliphatic heterocycles. The molecule has 2 N–H and O–H groups in total. The number of fused-ring (bicyclic) bond motifs is 1. The van der Waals surface area contributed by atoms with Gasteiger partial charge in [0.25, 0.3) is 5.69 Å². The summed E-state index contributed by atoms with van der Waals surface area (Å²) in [7, 11) is 1.82. The van der Waals surface area contributed by atoms with Crippen molar-refractivity contribution in [2.75, 3.05) is 18.5 Å². The fourth-order valence-corrected chi connectivity index (χ4v) is 3.47. The van der Waals surface area contributed by atoms with Crippen LogP contribution in [-0.2, 0) is 0 Å². The second kappa shape index (κ2) is 7.73. The van der Waals surface area contributed by atoms with Gasteiger partial charge in [-0.05, 0) is 17.5 Å². The molecular formula is C16H17ClN4O3S. The fraction of sp³-hybridized carbons (Fsp3) is 0.250. The van der Waals surface area contributed by atoms with Crippen LogP contribution in [0.4, 0.5) is 11.4 Å². The standard InChI is InChI=1S/C16H16N4O3S.ClH/c1-19-12-5-4-11(20(22)23)7-10(12)8-18-9-13(19)15(17)16(21)14-3-2-6-24-14;/h2-8,13,15H,9,17H2,1H3;1H. The third-order valence-corrected chi connectivity index (χ3v) is 4.99. The van der Waals surface area contributed by atoms with Crippen LogP contribution in [0.3, 0.4) is 0 Å². The minimum atomic E-state index is -0.730. The van der Waals surface area contributed by atoms with E-state index in [2.05, 4.69) is 4.99 Å². The highest BCUT2D eigenvalue weighted by molar-refractivity contribution is 7.12. The summed E-state index contributed by atoms with van der Waals surface area (Å²) in [6.45, 7) is 0.345. The second-order valence-corrected chi connectivity index (χ2v) is 6.49.